The number of benzene rings is 1. The number of hydrogen-bond donors (Lipinski definition) is 2. The summed E-state index contributed by atoms with van der Waals surface area (Å²) in [7, 11) is 0. The number of aromatic amines is 1. The molecule has 6 nitrogen and oxygen atoms in total. The molecule has 2 N–H and O–H groups in total. The molecule has 1 atom stereocenters. The average molecular weight is 286 g/mol. The number of carbonyl (C=O) groups excluding carboxylic acids is 2. The van der Waals surface area contributed by atoms with Crippen LogP contribution in [0.25, 0.3) is 10.9 Å². The number of amides is 2. The lowest BCUT2D eigenvalue weighted by atomic mass is 9.97. The lowest BCUT2D eigenvalue weighted by Gasteiger charge is -2.31. The molecule has 1 fully saturated rings. The Labute approximate surface area is 122 Å². The summed E-state index contributed by atoms with van der Waals surface area (Å²) in [6.07, 6.45) is 1.66. The molecule has 1 aromatic heterocycles. The number of para-hydroxylation sites is 1. The van der Waals surface area contributed by atoms with E-state index in [1.807, 2.05) is 24.3 Å². The zero-order valence-corrected chi connectivity index (χ0v) is 11.9. The van der Waals surface area contributed by atoms with Crippen LogP contribution in [-0.4, -0.2) is 40.0 Å². The lowest BCUT2D eigenvalue weighted by molar-refractivity contribution is -0.132. The Hall–Kier alpha value is -2.37. The summed E-state index contributed by atoms with van der Waals surface area (Å²) in [6, 6.07) is 7.65. The number of aromatic nitrogens is 2. The third kappa shape index (κ3) is 2.74. The fourth-order valence-electron chi connectivity index (χ4n) is 2.75. The van der Waals surface area contributed by atoms with Crippen LogP contribution in [0.15, 0.2) is 24.3 Å². The van der Waals surface area contributed by atoms with Gasteiger partial charge in [0.1, 0.15) is 0 Å². The van der Waals surface area contributed by atoms with Crippen molar-refractivity contribution in [1.29, 1.82) is 0 Å². The molecule has 2 amide bonds. The van der Waals surface area contributed by atoms with Crippen molar-refractivity contribution in [1.82, 2.24) is 15.1 Å². The second-order valence-corrected chi connectivity index (χ2v) is 5.41. The molecule has 21 heavy (non-hydrogen) atoms. The quantitative estimate of drug-likeness (QED) is 0.883. The molecule has 1 saturated heterocycles. The van der Waals surface area contributed by atoms with Crippen LogP contribution in [0.1, 0.15) is 19.8 Å². The highest BCUT2D eigenvalue weighted by Gasteiger charge is 2.27. The minimum absolute atomic E-state index is 0.0257. The predicted molar refractivity (Wildman–Crippen MR) is 79.7 cm³/mol. The summed E-state index contributed by atoms with van der Waals surface area (Å²) in [5, 5.41) is 10.8. The summed E-state index contributed by atoms with van der Waals surface area (Å²) in [6.45, 7) is 2.77. The van der Waals surface area contributed by atoms with Crippen molar-refractivity contribution in [3.63, 3.8) is 0 Å². The molecule has 0 bridgehead atoms. The molecule has 1 aliphatic rings. The van der Waals surface area contributed by atoms with Gasteiger partial charge in [0.15, 0.2) is 5.82 Å². The minimum Gasteiger partial charge on any atom is -0.342 e. The maximum absolute atomic E-state index is 12.4. The summed E-state index contributed by atoms with van der Waals surface area (Å²) in [5.74, 6) is 0.338. The van der Waals surface area contributed by atoms with Crippen LogP contribution in [0.4, 0.5) is 5.82 Å². The van der Waals surface area contributed by atoms with Crippen molar-refractivity contribution in [2.45, 2.75) is 19.8 Å². The maximum atomic E-state index is 12.4. The number of piperidine rings is 1. The van der Waals surface area contributed by atoms with Crippen LogP contribution < -0.4 is 5.32 Å². The zero-order valence-electron chi connectivity index (χ0n) is 11.9. The van der Waals surface area contributed by atoms with Crippen molar-refractivity contribution in [3.05, 3.63) is 24.3 Å². The fraction of sp³-hybridized carbons (Fsp3) is 0.400. The largest absolute Gasteiger partial charge is 0.342 e. The zero-order chi connectivity index (χ0) is 14.8. The number of nitrogens with zero attached hydrogens (tertiary/aromatic N) is 2. The smallest absolute Gasteiger partial charge is 0.230 e. The van der Waals surface area contributed by atoms with Crippen LogP contribution in [0.3, 0.4) is 0 Å². The third-order valence-corrected chi connectivity index (χ3v) is 3.95. The molecule has 1 unspecified atom stereocenters. The van der Waals surface area contributed by atoms with Gasteiger partial charge in [-0.1, -0.05) is 12.1 Å². The molecule has 0 aliphatic carbocycles. The lowest BCUT2D eigenvalue weighted by Crippen LogP contribution is -2.42. The van der Waals surface area contributed by atoms with E-state index >= 15 is 0 Å². The van der Waals surface area contributed by atoms with Crippen LogP contribution >= 0.6 is 0 Å². The number of anilines is 1. The van der Waals surface area contributed by atoms with E-state index in [1.165, 1.54) is 0 Å². The van der Waals surface area contributed by atoms with Gasteiger partial charge < -0.3 is 10.2 Å². The van der Waals surface area contributed by atoms with E-state index in [9.17, 15) is 9.59 Å². The van der Waals surface area contributed by atoms with E-state index < -0.39 is 0 Å². The van der Waals surface area contributed by atoms with Crippen LogP contribution in [0, 0.1) is 5.92 Å². The van der Waals surface area contributed by atoms with Gasteiger partial charge >= 0.3 is 0 Å². The fourth-order valence-corrected chi connectivity index (χ4v) is 2.75. The molecule has 1 aromatic carbocycles. The Kier molecular flexibility index (Phi) is 3.60. The van der Waals surface area contributed by atoms with Crippen molar-refractivity contribution < 1.29 is 9.59 Å². The van der Waals surface area contributed by atoms with Gasteiger partial charge in [-0.2, -0.15) is 5.10 Å². The monoisotopic (exact) mass is 286 g/mol. The molecule has 0 saturated carbocycles. The maximum Gasteiger partial charge on any atom is 0.230 e. The first-order valence-corrected chi connectivity index (χ1v) is 7.14. The topological polar surface area (TPSA) is 78.1 Å². The van der Waals surface area contributed by atoms with Gasteiger partial charge in [0.05, 0.1) is 11.4 Å². The highest BCUT2D eigenvalue weighted by molar-refractivity contribution is 6.00. The number of fused-ring (bicyclic) bond motifs is 1. The summed E-state index contributed by atoms with van der Waals surface area (Å²) >= 11 is 0. The van der Waals surface area contributed by atoms with Gasteiger partial charge in [-0.15, -0.1) is 0 Å². The Morgan fingerprint density at radius 2 is 2.19 bits per heavy atom. The van der Waals surface area contributed by atoms with Crippen molar-refractivity contribution >= 4 is 28.5 Å². The SMILES string of the molecule is CC(=O)N1CCCC(C(=O)Nc2n[nH]c3ccccc23)C1. The number of carbonyl (C=O) groups is 2. The van der Waals surface area contributed by atoms with Gasteiger partial charge in [-0.3, -0.25) is 14.7 Å². The van der Waals surface area contributed by atoms with E-state index in [0.29, 0.717) is 12.4 Å². The summed E-state index contributed by atoms with van der Waals surface area (Å²) < 4.78 is 0. The van der Waals surface area contributed by atoms with E-state index in [1.54, 1.807) is 11.8 Å². The Balaban J connectivity index is 1.72. The minimum atomic E-state index is -0.168. The number of nitrogens with one attached hydrogen (secondary N) is 2. The first-order chi connectivity index (χ1) is 10.1. The van der Waals surface area contributed by atoms with E-state index in [-0.39, 0.29) is 17.7 Å². The van der Waals surface area contributed by atoms with Crippen LogP contribution in [-0.2, 0) is 9.59 Å². The molecule has 0 radical (unpaired) electrons. The second-order valence-electron chi connectivity index (χ2n) is 5.41. The van der Waals surface area contributed by atoms with Crippen LogP contribution in [0.2, 0.25) is 0 Å². The standard InChI is InChI=1S/C15H18N4O2/c1-10(20)19-8-4-5-11(9-19)15(21)16-14-12-6-2-3-7-13(12)17-18-14/h2-3,6-7,11H,4-5,8-9H2,1H3,(H2,16,17,18,21). The molecular formula is C15H18N4O2. The first-order valence-electron chi connectivity index (χ1n) is 7.14. The van der Waals surface area contributed by atoms with E-state index in [4.69, 9.17) is 0 Å². The van der Waals surface area contributed by atoms with Crippen LogP contribution in [0.5, 0.6) is 0 Å². The first kappa shape index (κ1) is 13.6. The number of likely N-dealkylation sites (tertiary alicyclic amines) is 1. The van der Waals surface area contributed by atoms with Gasteiger partial charge in [0, 0.05) is 25.4 Å². The Morgan fingerprint density at radius 3 is 3.00 bits per heavy atom. The molecular weight excluding hydrogens is 268 g/mol. The normalized spacial score (nSPS) is 18.7. The van der Waals surface area contributed by atoms with Gasteiger partial charge in [0.2, 0.25) is 11.8 Å². The van der Waals surface area contributed by atoms with Crippen molar-refractivity contribution in [2.24, 2.45) is 5.92 Å². The molecule has 3 rings (SSSR count). The van der Waals surface area contributed by atoms with Gasteiger partial charge in [-0.25, -0.2) is 0 Å². The molecule has 2 aromatic rings. The van der Waals surface area contributed by atoms with Crippen molar-refractivity contribution in [3.8, 4) is 0 Å². The van der Waals surface area contributed by atoms with E-state index in [2.05, 4.69) is 15.5 Å². The number of H-pyrrole nitrogens is 1. The summed E-state index contributed by atoms with van der Waals surface area (Å²) in [4.78, 5) is 25.5. The molecule has 110 valence electrons. The second kappa shape index (κ2) is 5.55. The molecule has 2 heterocycles. The summed E-state index contributed by atoms with van der Waals surface area (Å²) in [5.41, 5.74) is 0.891. The van der Waals surface area contributed by atoms with Gasteiger partial charge in [-0.05, 0) is 25.0 Å². The van der Waals surface area contributed by atoms with E-state index in [0.717, 1.165) is 30.3 Å². The molecule has 0 spiro atoms. The highest BCUT2D eigenvalue weighted by Crippen LogP contribution is 2.22. The molecule has 1 aliphatic heterocycles. The average Bonchev–Trinajstić information content (AvgIpc) is 2.91. The third-order valence-electron chi connectivity index (χ3n) is 3.95. The Bertz CT molecular complexity index is 679. The van der Waals surface area contributed by atoms with Gasteiger partial charge in [0.25, 0.3) is 0 Å². The van der Waals surface area contributed by atoms with Crippen molar-refractivity contribution in [2.75, 3.05) is 18.4 Å². The molecule has 6 heteroatoms. The number of hydrogen-bond acceptors (Lipinski definition) is 3. The highest BCUT2D eigenvalue weighted by atomic mass is 16.2. The Morgan fingerprint density at radius 1 is 1.38 bits per heavy atom. The predicted octanol–water partition coefficient (Wildman–Crippen LogP) is 1.76. The number of rotatable bonds is 2.